The van der Waals surface area contributed by atoms with E-state index in [0.717, 1.165) is 0 Å². The smallest absolute Gasteiger partial charge is 0.311 e. The maximum Gasteiger partial charge on any atom is 0.311 e. The van der Waals surface area contributed by atoms with Gasteiger partial charge in [-0.2, -0.15) is 0 Å². The lowest BCUT2D eigenvalue weighted by molar-refractivity contribution is -0.161. The Balaban J connectivity index is 4.49. The second kappa shape index (κ2) is 5.99. The first-order valence-electron chi connectivity index (χ1n) is 5.04. The van der Waals surface area contributed by atoms with E-state index in [1.54, 1.807) is 0 Å². The van der Waals surface area contributed by atoms with Gasteiger partial charge in [-0.05, 0) is 38.9 Å². The van der Waals surface area contributed by atoms with Crippen LogP contribution in [0, 0.1) is 11.8 Å². The van der Waals surface area contributed by atoms with Crippen LogP contribution in [-0.2, 0) is 9.53 Å². The van der Waals surface area contributed by atoms with E-state index in [0.29, 0.717) is 6.54 Å². The van der Waals surface area contributed by atoms with Crippen LogP contribution in [0.2, 0.25) is 0 Å². The summed E-state index contributed by atoms with van der Waals surface area (Å²) in [5.41, 5.74) is -0.453. The highest BCUT2D eigenvalue weighted by atomic mass is 32.1. The third kappa shape index (κ3) is 6.37. The molecule has 0 amide bonds. The first-order valence-corrected chi connectivity index (χ1v) is 5.45. The van der Waals surface area contributed by atoms with Gasteiger partial charge in [0.1, 0.15) is 5.60 Å². The van der Waals surface area contributed by atoms with E-state index in [1.807, 2.05) is 34.6 Å². The van der Waals surface area contributed by atoms with Gasteiger partial charge in [0.2, 0.25) is 0 Å². The Morgan fingerprint density at radius 3 is 2.33 bits per heavy atom. The predicted molar refractivity (Wildman–Crippen MR) is 64.1 cm³/mol. The molecule has 0 heterocycles. The number of isothiocyanates is 1. The van der Waals surface area contributed by atoms with Crippen LogP contribution in [0.5, 0.6) is 0 Å². The van der Waals surface area contributed by atoms with E-state index in [2.05, 4.69) is 22.4 Å². The molecule has 1 unspecified atom stereocenters. The molecule has 0 aromatic carbocycles. The number of carbonyl (C=O) groups is 1. The SMILES string of the molecule is CC(C)C(CN=C=S)C(=O)OC(C)(C)C. The normalized spacial score (nSPS) is 13.2. The molecule has 0 fully saturated rings. The Labute approximate surface area is 96.9 Å². The summed E-state index contributed by atoms with van der Waals surface area (Å²) in [6.45, 7) is 9.84. The Kier molecular flexibility index (Phi) is 5.69. The standard InChI is InChI=1S/C11H19NO2S/c1-8(2)9(6-12-7-15)10(13)14-11(3,4)5/h8-9H,6H2,1-5H3. The molecule has 0 rings (SSSR count). The quantitative estimate of drug-likeness (QED) is 0.422. The zero-order chi connectivity index (χ0) is 12.1. The van der Waals surface area contributed by atoms with Crippen molar-refractivity contribution in [2.75, 3.05) is 6.54 Å². The van der Waals surface area contributed by atoms with Crippen LogP contribution in [0.3, 0.4) is 0 Å². The Bertz CT molecular complexity index is 262. The molecule has 0 aromatic rings. The van der Waals surface area contributed by atoms with Gasteiger partial charge in [0.15, 0.2) is 0 Å². The van der Waals surface area contributed by atoms with Crippen LogP contribution >= 0.6 is 12.2 Å². The number of ether oxygens (including phenoxy) is 1. The summed E-state index contributed by atoms with van der Waals surface area (Å²) in [5.74, 6) is -0.266. The highest BCUT2D eigenvalue weighted by Gasteiger charge is 2.27. The maximum absolute atomic E-state index is 11.8. The van der Waals surface area contributed by atoms with Crippen molar-refractivity contribution < 1.29 is 9.53 Å². The van der Waals surface area contributed by atoms with Crippen LogP contribution < -0.4 is 0 Å². The topological polar surface area (TPSA) is 38.7 Å². The molecule has 0 saturated carbocycles. The highest BCUT2D eigenvalue weighted by Crippen LogP contribution is 2.17. The summed E-state index contributed by atoms with van der Waals surface area (Å²) < 4.78 is 5.30. The van der Waals surface area contributed by atoms with Gasteiger partial charge in [-0.25, -0.2) is 4.99 Å². The number of nitrogens with zero attached hydrogens (tertiary/aromatic N) is 1. The van der Waals surface area contributed by atoms with Crippen LogP contribution in [0.1, 0.15) is 34.6 Å². The Morgan fingerprint density at radius 1 is 1.47 bits per heavy atom. The van der Waals surface area contributed by atoms with Crippen molar-refractivity contribution in [3.8, 4) is 0 Å². The minimum Gasteiger partial charge on any atom is -0.460 e. The zero-order valence-electron chi connectivity index (χ0n) is 10.0. The summed E-state index contributed by atoms with van der Waals surface area (Å²) in [5, 5.41) is 2.27. The van der Waals surface area contributed by atoms with Crippen LogP contribution in [0.4, 0.5) is 0 Å². The van der Waals surface area contributed by atoms with Gasteiger partial charge in [-0.1, -0.05) is 13.8 Å². The van der Waals surface area contributed by atoms with E-state index in [1.165, 1.54) is 0 Å². The summed E-state index contributed by atoms with van der Waals surface area (Å²) in [4.78, 5) is 15.6. The van der Waals surface area contributed by atoms with Crippen molar-refractivity contribution in [3.05, 3.63) is 0 Å². The molecular weight excluding hydrogens is 210 g/mol. The molecule has 4 heteroatoms. The number of hydrogen-bond donors (Lipinski definition) is 0. The molecule has 0 saturated heterocycles. The van der Waals surface area contributed by atoms with Gasteiger partial charge in [0.25, 0.3) is 0 Å². The number of aliphatic imine (C=N–C) groups is 1. The molecule has 0 radical (unpaired) electrons. The summed E-state index contributed by atoms with van der Waals surface area (Å²) in [6, 6.07) is 0. The fourth-order valence-electron chi connectivity index (χ4n) is 1.07. The van der Waals surface area contributed by atoms with Crippen molar-refractivity contribution in [1.82, 2.24) is 0 Å². The van der Waals surface area contributed by atoms with Crippen molar-refractivity contribution in [3.63, 3.8) is 0 Å². The van der Waals surface area contributed by atoms with Crippen molar-refractivity contribution in [2.24, 2.45) is 16.8 Å². The largest absolute Gasteiger partial charge is 0.460 e. The van der Waals surface area contributed by atoms with E-state index in [4.69, 9.17) is 4.74 Å². The van der Waals surface area contributed by atoms with Crippen molar-refractivity contribution in [1.29, 1.82) is 0 Å². The molecule has 0 bridgehead atoms. The van der Waals surface area contributed by atoms with Gasteiger partial charge in [0.05, 0.1) is 17.6 Å². The number of esters is 1. The molecule has 1 atom stereocenters. The van der Waals surface area contributed by atoms with Crippen LogP contribution in [-0.4, -0.2) is 23.3 Å². The van der Waals surface area contributed by atoms with Crippen LogP contribution in [0.25, 0.3) is 0 Å². The first kappa shape index (κ1) is 14.3. The molecule has 0 aromatic heterocycles. The zero-order valence-corrected chi connectivity index (χ0v) is 10.9. The average molecular weight is 229 g/mol. The third-order valence-electron chi connectivity index (χ3n) is 1.87. The van der Waals surface area contributed by atoms with Gasteiger partial charge >= 0.3 is 5.97 Å². The van der Waals surface area contributed by atoms with Crippen molar-refractivity contribution in [2.45, 2.75) is 40.2 Å². The lowest BCUT2D eigenvalue weighted by Crippen LogP contribution is -2.32. The van der Waals surface area contributed by atoms with Gasteiger partial charge in [-0.3, -0.25) is 4.79 Å². The minimum absolute atomic E-state index is 0.187. The number of thiocarbonyl (C=S) groups is 1. The summed E-state index contributed by atoms with van der Waals surface area (Å²) in [6.07, 6.45) is 0. The minimum atomic E-state index is -0.453. The van der Waals surface area contributed by atoms with E-state index >= 15 is 0 Å². The number of rotatable bonds is 4. The molecule has 0 spiro atoms. The molecule has 0 N–H and O–H groups in total. The van der Waals surface area contributed by atoms with Gasteiger partial charge in [0, 0.05) is 0 Å². The monoisotopic (exact) mass is 229 g/mol. The molecule has 15 heavy (non-hydrogen) atoms. The molecule has 0 aliphatic rings. The second-order valence-corrected chi connectivity index (χ2v) is 5.00. The average Bonchev–Trinajstić information content (AvgIpc) is 2.00. The Morgan fingerprint density at radius 2 is 2.00 bits per heavy atom. The van der Waals surface area contributed by atoms with Gasteiger partial charge < -0.3 is 4.74 Å². The maximum atomic E-state index is 11.8. The number of carbonyl (C=O) groups excluding carboxylic acids is 1. The lowest BCUT2D eigenvalue weighted by Gasteiger charge is -2.24. The fraction of sp³-hybridized carbons (Fsp3) is 0.818. The first-order chi connectivity index (χ1) is 6.78. The third-order valence-corrected chi connectivity index (χ3v) is 2.00. The summed E-state index contributed by atoms with van der Waals surface area (Å²) in [7, 11) is 0. The highest BCUT2D eigenvalue weighted by molar-refractivity contribution is 7.78. The lowest BCUT2D eigenvalue weighted by atomic mass is 9.96. The Hall–Kier alpha value is -0.730. The van der Waals surface area contributed by atoms with Crippen LogP contribution in [0.15, 0.2) is 4.99 Å². The molecule has 3 nitrogen and oxygen atoms in total. The molecule has 86 valence electrons. The van der Waals surface area contributed by atoms with Gasteiger partial charge in [-0.15, -0.1) is 0 Å². The van der Waals surface area contributed by atoms with E-state index < -0.39 is 5.60 Å². The molecule has 0 aliphatic carbocycles. The van der Waals surface area contributed by atoms with Crippen molar-refractivity contribution >= 4 is 23.3 Å². The molecule has 0 aliphatic heterocycles. The molecular formula is C11H19NO2S. The summed E-state index contributed by atoms with van der Waals surface area (Å²) >= 11 is 4.48. The second-order valence-electron chi connectivity index (χ2n) is 4.82. The number of hydrogen-bond acceptors (Lipinski definition) is 4. The van der Waals surface area contributed by atoms with E-state index in [-0.39, 0.29) is 17.8 Å². The predicted octanol–water partition coefficient (Wildman–Crippen LogP) is 2.70. The van der Waals surface area contributed by atoms with E-state index in [9.17, 15) is 4.79 Å². The fourth-order valence-corrected chi connectivity index (χ4v) is 1.15.